The van der Waals surface area contributed by atoms with Gasteiger partial charge < -0.3 is 9.64 Å². The van der Waals surface area contributed by atoms with Crippen molar-refractivity contribution in [2.24, 2.45) is 5.92 Å². The first-order valence-electron chi connectivity index (χ1n) is 7.85. The van der Waals surface area contributed by atoms with Crippen molar-refractivity contribution >= 4 is 11.9 Å². The first kappa shape index (κ1) is 15.3. The van der Waals surface area contributed by atoms with Gasteiger partial charge in [0, 0.05) is 24.6 Å². The average Bonchev–Trinajstić information content (AvgIpc) is 2.63. The molecule has 3 rings (SSSR count). The second-order valence-corrected chi connectivity index (χ2v) is 5.70. The van der Waals surface area contributed by atoms with Gasteiger partial charge in [0.2, 0.25) is 0 Å². The van der Waals surface area contributed by atoms with Gasteiger partial charge in [-0.2, -0.15) is 0 Å². The molecule has 0 aliphatic carbocycles. The van der Waals surface area contributed by atoms with Crippen molar-refractivity contribution in [1.29, 1.82) is 0 Å². The van der Waals surface area contributed by atoms with E-state index in [1.54, 1.807) is 17.0 Å². The molecule has 1 aliphatic heterocycles. The molecule has 1 fully saturated rings. The quantitative estimate of drug-likeness (QED) is 0.811. The van der Waals surface area contributed by atoms with Gasteiger partial charge in [0.15, 0.2) is 5.78 Å². The molecule has 0 bridgehead atoms. The summed E-state index contributed by atoms with van der Waals surface area (Å²) in [5.74, 6) is 0.464. The highest BCUT2D eigenvalue weighted by atomic mass is 16.6. The first-order chi connectivity index (χ1) is 11.2. The molecule has 0 saturated carbocycles. The van der Waals surface area contributed by atoms with Crippen LogP contribution in [0.2, 0.25) is 0 Å². The largest absolute Gasteiger partial charge is 0.415 e. The summed E-state index contributed by atoms with van der Waals surface area (Å²) in [6.45, 7) is 1.05. The smallest absolute Gasteiger partial charge is 0.410 e. The minimum absolute atomic E-state index is 0.0998. The molecule has 4 nitrogen and oxygen atoms in total. The highest BCUT2D eigenvalue weighted by Gasteiger charge is 2.29. The number of benzene rings is 2. The lowest BCUT2D eigenvalue weighted by atomic mass is 9.90. The van der Waals surface area contributed by atoms with Crippen molar-refractivity contribution in [3.8, 4) is 5.75 Å². The van der Waals surface area contributed by atoms with Gasteiger partial charge >= 0.3 is 6.09 Å². The molecule has 0 spiro atoms. The van der Waals surface area contributed by atoms with Crippen LogP contribution in [0.5, 0.6) is 5.75 Å². The summed E-state index contributed by atoms with van der Waals surface area (Å²) in [5, 5.41) is 0. The second-order valence-electron chi connectivity index (χ2n) is 5.70. The van der Waals surface area contributed by atoms with Crippen LogP contribution in [0.1, 0.15) is 23.2 Å². The Morgan fingerprint density at radius 3 is 2.30 bits per heavy atom. The number of hydrogen-bond donors (Lipinski definition) is 0. The Morgan fingerprint density at radius 1 is 0.957 bits per heavy atom. The van der Waals surface area contributed by atoms with Gasteiger partial charge in [0.25, 0.3) is 0 Å². The fraction of sp³-hybridized carbons (Fsp3) is 0.263. The maximum atomic E-state index is 12.5. The molecule has 1 aliphatic rings. The van der Waals surface area contributed by atoms with Crippen molar-refractivity contribution < 1.29 is 14.3 Å². The molecular weight excluding hydrogens is 290 g/mol. The molecule has 1 amide bonds. The van der Waals surface area contributed by atoms with Crippen LogP contribution in [0.4, 0.5) is 4.79 Å². The van der Waals surface area contributed by atoms with E-state index in [1.165, 1.54) is 0 Å². The minimum Gasteiger partial charge on any atom is -0.410 e. The summed E-state index contributed by atoms with van der Waals surface area (Å²) in [5.41, 5.74) is 0.704. The SMILES string of the molecule is O=C(c1ccccc1)C1CCCN(C(=O)Oc2ccccc2)C1. The standard InChI is InChI=1S/C19H19NO3/c21-18(15-8-3-1-4-9-15)16-10-7-13-20(14-16)19(22)23-17-11-5-2-6-12-17/h1-6,8-9,11-12,16H,7,10,13-14H2. The van der Waals surface area contributed by atoms with Gasteiger partial charge in [-0.25, -0.2) is 4.79 Å². The molecule has 2 aromatic carbocycles. The zero-order chi connectivity index (χ0) is 16.1. The van der Waals surface area contributed by atoms with Crippen LogP contribution in [0, 0.1) is 5.92 Å². The van der Waals surface area contributed by atoms with Gasteiger partial charge in [-0.15, -0.1) is 0 Å². The topological polar surface area (TPSA) is 46.6 Å². The van der Waals surface area contributed by atoms with Gasteiger partial charge in [-0.05, 0) is 25.0 Å². The average molecular weight is 309 g/mol. The normalized spacial score (nSPS) is 17.6. The third kappa shape index (κ3) is 3.77. The highest BCUT2D eigenvalue weighted by molar-refractivity contribution is 5.98. The van der Waals surface area contributed by atoms with E-state index >= 15 is 0 Å². The minimum atomic E-state index is -0.387. The third-order valence-corrected chi connectivity index (χ3v) is 4.06. The van der Waals surface area contributed by atoms with E-state index in [0.29, 0.717) is 24.4 Å². The number of ketones is 1. The number of carbonyl (C=O) groups is 2. The number of ether oxygens (including phenoxy) is 1. The number of carbonyl (C=O) groups excluding carboxylic acids is 2. The van der Waals surface area contributed by atoms with Crippen molar-refractivity contribution in [1.82, 2.24) is 4.90 Å². The highest BCUT2D eigenvalue weighted by Crippen LogP contribution is 2.22. The van der Waals surface area contributed by atoms with Crippen LogP contribution in [0.25, 0.3) is 0 Å². The molecule has 23 heavy (non-hydrogen) atoms. The number of piperidine rings is 1. The molecule has 1 saturated heterocycles. The monoisotopic (exact) mass is 309 g/mol. The predicted molar refractivity (Wildman–Crippen MR) is 87.5 cm³/mol. The Morgan fingerprint density at radius 2 is 1.61 bits per heavy atom. The fourth-order valence-corrected chi connectivity index (χ4v) is 2.85. The lowest BCUT2D eigenvalue weighted by Gasteiger charge is -2.31. The Hall–Kier alpha value is -2.62. The van der Waals surface area contributed by atoms with Crippen LogP contribution in [-0.4, -0.2) is 29.9 Å². The predicted octanol–water partition coefficient (Wildman–Crippen LogP) is 3.78. The summed E-state index contributed by atoms with van der Waals surface area (Å²) in [6, 6.07) is 18.3. The zero-order valence-corrected chi connectivity index (χ0v) is 12.9. The van der Waals surface area contributed by atoms with E-state index in [4.69, 9.17) is 4.74 Å². The first-order valence-corrected chi connectivity index (χ1v) is 7.85. The van der Waals surface area contributed by atoms with Crippen molar-refractivity contribution in [2.45, 2.75) is 12.8 Å². The summed E-state index contributed by atoms with van der Waals surface area (Å²) in [4.78, 5) is 26.4. The van der Waals surface area contributed by atoms with E-state index in [2.05, 4.69) is 0 Å². The van der Waals surface area contributed by atoms with Gasteiger partial charge in [0.05, 0.1) is 0 Å². The molecule has 1 atom stereocenters. The Balaban J connectivity index is 1.64. The molecule has 1 unspecified atom stereocenters. The van der Waals surface area contributed by atoms with E-state index in [-0.39, 0.29) is 17.8 Å². The van der Waals surface area contributed by atoms with Crippen LogP contribution in [-0.2, 0) is 0 Å². The molecule has 0 radical (unpaired) electrons. The lowest BCUT2D eigenvalue weighted by molar-refractivity contribution is 0.0815. The molecule has 118 valence electrons. The van der Waals surface area contributed by atoms with Crippen molar-refractivity contribution in [3.63, 3.8) is 0 Å². The summed E-state index contributed by atoms with van der Waals surface area (Å²) >= 11 is 0. The Kier molecular flexibility index (Phi) is 4.71. The van der Waals surface area contributed by atoms with Gasteiger partial charge in [-0.3, -0.25) is 4.79 Å². The molecule has 0 aromatic heterocycles. The Bertz CT molecular complexity index is 670. The number of rotatable bonds is 3. The van der Waals surface area contributed by atoms with Crippen LogP contribution >= 0.6 is 0 Å². The number of para-hydroxylation sites is 1. The molecule has 0 N–H and O–H groups in total. The van der Waals surface area contributed by atoms with Crippen LogP contribution in [0.3, 0.4) is 0 Å². The summed E-state index contributed by atoms with van der Waals surface area (Å²) < 4.78 is 5.36. The number of hydrogen-bond acceptors (Lipinski definition) is 3. The van der Waals surface area contributed by atoms with Crippen molar-refractivity contribution in [2.75, 3.05) is 13.1 Å². The molecule has 4 heteroatoms. The third-order valence-electron chi connectivity index (χ3n) is 4.06. The van der Waals surface area contributed by atoms with E-state index in [1.807, 2.05) is 48.5 Å². The number of Topliss-reactive ketones (excluding diaryl/α,β-unsaturated/α-hetero) is 1. The maximum absolute atomic E-state index is 12.5. The molecular formula is C19H19NO3. The van der Waals surface area contributed by atoms with E-state index < -0.39 is 0 Å². The Labute approximate surface area is 135 Å². The van der Waals surface area contributed by atoms with Gasteiger partial charge in [0.1, 0.15) is 5.75 Å². The van der Waals surface area contributed by atoms with Crippen LogP contribution < -0.4 is 4.74 Å². The summed E-state index contributed by atoms with van der Waals surface area (Å²) in [6.07, 6.45) is 1.23. The zero-order valence-electron chi connectivity index (χ0n) is 12.9. The number of nitrogens with zero attached hydrogens (tertiary/aromatic N) is 1. The van der Waals surface area contributed by atoms with E-state index in [9.17, 15) is 9.59 Å². The number of likely N-dealkylation sites (tertiary alicyclic amines) is 1. The second kappa shape index (κ2) is 7.09. The van der Waals surface area contributed by atoms with E-state index in [0.717, 1.165) is 12.8 Å². The maximum Gasteiger partial charge on any atom is 0.415 e. The van der Waals surface area contributed by atoms with Crippen LogP contribution in [0.15, 0.2) is 60.7 Å². The number of amides is 1. The lowest BCUT2D eigenvalue weighted by Crippen LogP contribution is -2.43. The van der Waals surface area contributed by atoms with Gasteiger partial charge in [-0.1, -0.05) is 48.5 Å². The van der Waals surface area contributed by atoms with Crippen molar-refractivity contribution in [3.05, 3.63) is 66.2 Å². The fourth-order valence-electron chi connectivity index (χ4n) is 2.85. The molecule has 2 aromatic rings. The molecule has 1 heterocycles. The summed E-state index contributed by atoms with van der Waals surface area (Å²) in [7, 11) is 0.